The van der Waals surface area contributed by atoms with Crippen LogP contribution in [0.4, 0.5) is 26.2 Å². The van der Waals surface area contributed by atoms with Gasteiger partial charge in [-0.05, 0) is 42.9 Å². The van der Waals surface area contributed by atoms with E-state index >= 15 is 0 Å². The first-order chi connectivity index (χ1) is 12.6. The fourth-order valence-corrected chi connectivity index (χ4v) is 2.83. The van der Waals surface area contributed by atoms with Crippen LogP contribution in [-0.2, 0) is 11.3 Å². The Morgan fingerprint density at radius 3 is 2.81 bits per heavy atom. The first kappa shape index (κ1) is 18.5. The minimum Gasteiger partial charge on any atom is -0.423 e. The van der Waals surface area contributed by atoms with E-state index < -0.39 is 20.5 Å². The lowest BCUT2D eigenvalue weighted by Crippen LogP contribution is -2.27. The highest BCUT2D eigenvalue weighted by Crippen LogP contribution is 2.21. The van der Waals surface area contributed by atoms with E-state index in [2.05, 4.69) is 20.6 Å². The second-order valence-electron chi connectivity index (χ2n) is 6.22. The number of nitrogens with zero attached hydrogens (tertiary/aromatic N) is 2. The van der Waals surface area contributed by atoms with Crippen LogP contribution in [0.25, 0.3) is 0 Å². The van der Waals surface area contributed by atoms with Crippen molar-refractivity contribution in [2.45, 2.75) is 32.4 Å². The highest BCUT2D eigenvalue weighted by atomic mass is 19.1. The van der Waals surface area contributed by atoms with Crippen molar-refractivity contribution in [1.29, 1.82) is 0 Å². The summed E-state index contributed by atoms with van der Waals surface area (Å²) < 4.78 is 30.5. The Bertz CT molecular complexity index is 760. The normalized spacial score (nSPS) is 13.2. The molecule has 3 rings (SSSR count). The van der Waals surface area contributed by atoms with Gasteiger partial charge in [0.15, 0.2) is 0 Å². The second kappa shape index (κ2) is 8.42. The third-order valence-electron chi connectivity index (χ3n) is 4.29. The largest absolute Gasteiger partial charge is 0.491 e. The van der Waals surface area contributed by atoms with Gasteiger partial charge in [-0.2, -0.15) is 4.98 Å². The zero-order valence-electron chi connectivity index (χ0n) is 14.5. The van der Waals surface area contributed by atoms with Gasteiger partial charge in [0, 0.05) is 23.5 Å². The molecule has 6 nitrogen and oxygen atoms in total. The molecule has 1 aliphatic heterocycles. The molecule has 3 N–H and O–H groups in total. The Balaban J connectivity index is 1.75. The molecule has 0 unspecified atom stereocenters. The van der Waals surface area contributed by atoms with Crippen molar-refractivity contribution < 1.29 is 18.5 Å². The summed E-state index contributed by atoms with van der Waals surface area (Å²) in [6, 6.07) is 5.16. The summed E-state index contributed by atoms with van der Waals surface area (Å²) in [6.07, 6.45) is 2.10. The van der Waals surface area contributed by atoms with Gasteiger partial charge in [0.1, 0.15) is 5.82 Å². The first-order valence-corrected chi connectivity index (χ1v) is 8.52. The zero-order chi connectivity index (χ0) is 18.5. The maximum atomic E-state index is 12.6. The quantitative estimate of drug-likeness (QED) is 0.625. The van der Waals surface area contributed by atoms with Gasteiger partial charge >= 0.3 is 7.12 Å². The lowest BCUT2D eigenvalue weighted by molar-refractivity contribution is 0.275. The standard InChI is InChI=1S/C17H21BF2N4O2/c1-11-9-21-17(24-16(11)22-13(4-6-19)5-7-20)23-14-2-3-15-12(8-14)10-26-18(15)25/h2-3,8-9,13,25H,4-7,10H2,1H3,(H2,21,22,23,24). The third-order valence-corrected chi connectivity index (χ3v) is 4.29. The molecule has 1 aromatic heterocycles. The molecule has 26 heavy (non-hydrogen) atoms. The molecule has 0 spiro atoms. The van der Waals surface area contributed by atoms with Crippen molar-refractivity contribution >= 4 is 30.0 Å². The number of fused-ring (bicyclic) bond motifs is 1. The van der Waals surface area contributed by atoms with E-state index in [9.17, 15) is 13.8 Å². The maximum absolute atomic E-state index is 12.6. The Labute approximate surface area is 151 Å². The van der Waals surface area contributed by atoms with Crippen molar-refractivity contribution in [3.63, 3.8) is 0 Å². The number of anilines is 3. The van der Waals surface area contributed by atoms with Gasteiger partial charge in [0.25, 0.3) is 0 Å². The third kappa shape index (κ3) is 4.28. The number of halogens is 2. The van der Waals surface area contributed by atoms with Gasteiger partial charge in [-0.3, -0.25) is 8.78 Å². The van der Waals surface area contributed by atoms with Gasteiger partial charge < -0.3 is 20.3 Å². The Kier molecular flexibility index (Phi) is 6.00. The Hall–Kier alpha value is -2.26. The van der Waals surface area contributed by atoms with E-state index in [0.717, 1.165) is 22.3 Å². The lowest BCUT2D eigenvalue weighted by Gasteiger charge is -2.18. The monoisotopic (exact) mass is 362 g/mol. The summed E-state index contributed by atoms with van der Waals surface area (Å²) >= 11 is 0. The summed E-state index contributed by atoms with van der Waals surface area (Å²) in [4.78, 5) is 8.67. The highest BCUT2D eigenvalue weighted by molar-refractivity contribution is 6.61. The first-order valence-electron chi connectivity index (χ1n) is 8.52. The minimum absolute atomic E-state index is 0.225. The van der Waals surface area contributed by atoms with Crippen LogP contribution in [0.15, 0.2) is 24.4 Å². The van der Waals surface area contributed by atoms with Crippen LogP contribution in [0.3, 0.4) is 0 Å². The zero-order valence-corrected chi connectivity index (χ0v) is 14.5. The fraction of sp³-hybridized carbons (Fsp3) is 0.412. The van der Waals surface area contributed by atoms with Crippen LogP contribution in [-0.4, -0.2) is 41.5 Å². The predicted octanol–water partition coefficient (Wildman–Crippen LogP) is 2.25. The fourth-order valence-electron chi connectivity index (χ4n) is 2.83. The number of nitrogens with one attached hydrogen (secondary N) is 2. The number of rotatable bonds is 8. The summed E-state index contributed by atoms with van der Waals surface area (Å²) in [7, 11) is -0.881. The maximum Gasteiger partial charge on any atom is 0.491 e. The van der Waals surface area contributed by atoms with Crippen LogP contribution in [0.1, 0.15) is 24.0 Å². The van der Waals surface area contributed by atoms with Gasteiger partial charge in [0.2, 0.25) is 5.95 Å². The SMILES string of the molecule is Cc1cnc(Nc2ccc3c(c2)COB3O)nc1NC(CCF)CCF. The van der Waals surface area contributed by atoms with Crippen LogP contribution < -0.4 is 16.1 Å². The Morgan fingerprint density at radius 2 is 2.08 bits per heavy atom. The van der Waals surface area contributed by atoms with Gasteiger partial charge in [0.05, 0.1) is 20.0 Å². The van der Waals surface area contributed by atoms with Crippen molar-refractivity contribution in [3.8, 4) is 0 Å². The van der Waals surface area contributed by atoms with E-state index in [4.69, 9.17) is 4.65 Å². The highest BCUT2D eigenvalue weighted by Gasteiger charge is 2.27. The van der Waals surface area contributed by atoms with Gasteiger partial charge in [-0.1, -0.05) is 6.07 Å². The molecule has 138 valence electrons. The second-order valence-corrected chi connectivity index (χ2v) is 6.22. The summed E-state index contributed by atoms with van der Waals surface area (Å²) in [5.74, 6) is 0.922. The summed E-state index contributed by atoms with van der Waals surface area (Å²) in [5.41, 5.74) is 3.21. The minimum atomic E-state index is -0.881. The van der Waals surface area contributed by atoms with Crippen LogP contribution in [0.2, 0.25) is 0 Å². The number of benzene rings is 1. The van der Waals surface area contributed by atoms with Crippen molar-refractivity contribution in [2.24, 2.45) is 0 Å². The van der Waals surface area contributed by atoms with Crippen molar-refractivity contribution in [3.05, 3.63) is 35.5 Å². The summed E-state index contributed by atoms with van der Waals surface area (Å²) in [5, 5.41) is 15.9. The van der Waals surface area contributed by atoms with E-state index in [-0.39, 0.29) is 18.9 Å². The molecule has 0 saturated heterocycles. The van der Waals surface area contributed by atoms with Crippen LogP contribution in [0.5, 0.6) is 0 Å². The van der Waals surface area contributed by atoms with Gasteiger partial charge in [-0.15, -0.1) is 0 Å². The molecular weight excluding hydrogens is 341 g/mol. The molecule has 0 saturated carbocycles. The van der Waals surface area contributed by atoms with Crippen LogP contribution >= 0.6 is 0 Å². The van der Waals surface area contributed by atoms with Crippen LogP contribution in [0, 0.1) is 6.92 Å². The smallest absolute Gasteiger partial charge is 0.423 e. The van der Waals surface area contributed by atoms with E-state index in [1.54, 1.807) is 12.3 Å². The molecule has 0 atom stereocenters. The molecule has 0 fully saturated rings. The number of aryl methyl sites for hydroxylation is 1. The Morgan fingerprint density at radius 1 is 1.31 bits per heavy atom. The van der Waals surface area contributed by atoms with Gasteiger partial charge in [-0.25, -0.2) is 4.98 Å². The lowest BCUT2D eigenvalue weighted by atomic mass is 9.79. The molecule has 2 aromatic rings. The molecule has 1 aromatic carbocycles. The van der Waals surface area contributed by atoms with E-state index in [1.807, 2.05) is 19.1 Å². The molecule has 0 amide bonds. The number of hydrogen-bond donors (Lipinski definition) is 3. The van der Waals surface area contributed by atoms with Crippen molar-refractivity contribution in [1.82, 2.24) is 9.97 Å². The number of alkyl halides is 2. The average molecular weight is 362 g/mol. The molecule has 1 aliphatic rings. The topological polar surface area (TPSA) is 79.3 Å². The molecular formula is C17H21BF2N4O2. The predicted molar refractivity (Wildman–Crippen MR) is 97.5 cm³/mol. The molecule has 0 aliphatic carbocycles. The number of aromatic nitrogens is 2. The molecule has 2 heterocycles. The molecule has 0 radical (unpaired) electrons. The van der Waals surface area contributed by atoms with E-state index in [1.165, 1.54) is 0 Å². The summed E-state index contributed by atoms with van der Waals surface area (Å²) in [6.45, 7) is 1.15. The molecule has 9 heteroatoms. The molecule has 0 bridgehead atoms. The van der Waals surface area contributed by atoms with E-state index in [0.29, 0.717) is 18.4 Å². The average Bonchev–Trinajstić information content (AvgIpc) is 2.99. The number of hydrogen-bond acceptors (Lipinski definition) is 6. The van der Waals surface area contributed by atoms with Crippen molar-refractivity contribution in [2.75, 3.05) is 24.0 Å².